The Morgan fingerprint density at radius 2 is 1.76 bits per heavy atom. The lowest BCUT2D eigenvalue weighted by atomic mass is 9.96. The van der Waals surface area contributed by atoms with Crippen molar-refractivity contribution in [2.75, 3.05) is 4.90 Å². The van der Waals surface area contributed by atoms with Gasteiger partial charge in [-0.05, 0) is 92.6 Å². The summed E-state index contributed by atoms with van der Waals surface area (Å²) in [5.41, 5.74) is 6.45. The van der Waals surface area contributed by atoms with Crippen molar-refractivity contribution in [3.63, 3.8) is 0 Å². The van der Waals surface area contributed by atoms with E-state index in [1.54, 1.807) is 19.2 Å². The molecule has 0 bridgehead atoms. The van der Waals surface area contributed by atoms with E-state index >= 15 is 0 Å². The van der Waals surface area contributed by atoms with Crippen molar-refractivity contribution < 1.29 is 4.39 Å². The first-order valence-corrected chi connectivity index (χ1v) is 11.9. The first-order valence-electron chi connectivity index (χ1n) is 11.1. The van der Waals surface area contributed by atoms with Crippen LogP contribution in [-0.2, 0) is 0 Å². The number of aromatic nitrogens is 2. The number of hydrogen-bond acceptors (Lipinski definition) is 2. The molecule has 34 heavy (non-hydrogen) atoms. The van der Waals surface area contributed by atoms with Gasteiger partial charge in [0.05, 0.1) is 28.5 Å². The molecule has 0 radical (unpaired) electrons. The van der Waals surface area contributed by atoms with Crippen LogP contribution in [0.15, 0.2) is 72.9 Å². The second-order valence-corrected chi connectivity index (χ2v) is 9.34. The summed E-state index contributed by atoms with van der Waals surface area (Å²) in [4.78, 5) is 6.69. The number of thiocarbonyl (C=S) groups is 1. The molecule has 2 aromatic carbocycles. The van der Waals surface area contributed by atoms with Crippen molar-refractivity contribution in [3.05, 3.63) is 112 Å². The molecule has 1 fully saturated rings. The highest BCUT2D eigenvalue weighted by Gasteiger charge is 2.42. The van der Waals surface area contributed by atoms with Crippen LogP contribution in [0, 0.1) is 26.6 Å². The molecule has 1 N–H and O–H groups in total. The number of benzene rings is 2. The van der Waals surface area contributed by atoms with Gasteiger partial charge >= 0.3 is 0 Å². The maximum absolute atomic E-state index is 14.1. The van der Waals surface area contributed by atoms with Crippen LogP contribution in [0.5, 0.6) is 0 Å². The predicted octanol–water partition coefficient (Wildman–Crippen LogP) is 6.77. The molecule has 3 heterocycles. The second kappa shape index (κ2) is 8.85. The summed E-state index contributed by atoms with van der Waals surface area (Å²) in [6, 6.07) is 20.6. The minimum Gasteiger partial charge on any atom is -0.351 e. The minimum absolute atomic E-state index is 0.181. The molecular formula is C27H24ClFN4S. The first kappa shape index (κ1) is 22.6. The summed E-state index contributed by atoms with van der Waals surface area (Å²) in [5, 5.41) is 4.74. The third kappa shape index (κ3) is 3.77. The van der Waals surface area contributed by atoms with Crippen LogP contribution >= 0.6 is 23.8 Å². The van der Waals surface area contributed by atoms with Gasteiger partial charge in [0.15, 0.2) is 5.11 Å². The van der Waals surface area contributed by atoms with E-state index in [2.05, 4.69) is 39.7 Å². The van der Waals surface area contributed by atoms with E-state index in [9.17, 15) is 4.39 Å². The average molecular weight is 491 g/mol. The lowest BCUT2D eigenvalue weighted by Gasteiger charge is -2.28. The SMILES string of the molecule is Cc1cc(N2C(=S)N[C@H](c3ccccn3)[C@H]2c2cc(C)n(-c3ccccc3Cl)c2C)ccc1F. The zero-order valence-corrected chi connectivity index (χ0v) is 20.7. The van der Waals surface area contributed by atoms with Crippen LogP contribution in [0.3, 0.4) is 0 Å². The van der Waals surface area contributed by atoms with Gasteiger partial charge in [-0.3, -0.25) is 4.98 Å². The van der Waals surface area contributed by atoms with E-state index in [4.69, 9.17) is 23.8 Å². The first-order chi connectivity index (χ1) is 16.4. The number of aryl methyl sites for hydroxylation is 2. The highest BCUT2D eigenvalue weighted by Crippen LogP contribution is 2.44. The van der Waals surface area contributed by atoms with E-state index in [1.807, 2.05) is 48.5 Å². The topological polar surface area (TPSA) is 33.1 Å². The summed E-state index contributed by atoms with van der Waals surface area (Å²) in [6.45, 7) is 5.93. The maximum Gasteiger partial charge on any atom is 0.174 e. The van der Waals surface area contributed by atoms with Gasteiger partial charge in [-0.1, -0.05) is 29.8 Å². The summed E-state index contributed by atoms with van der Waals surface area (Å²) >= 11 is 12.4. The molecule has 4 aromatic rings. The Morgan fingerprint density at radius 3 is 2.47 bits per heavy atom. The molecule has 2 aromatic heterocycles. The molecule has 172 valence electrons. The van der Waals surface area contributed by atoms with Gasteiger partial charge in [-0.15, -0.1) is 0 Å². The number of nitrogens with one attached hydrogen (secondary N) is 1. The van der Waals surface area contributed by atoms with Crippen molar-refractivity contribution in [1.29, 1.82) is 0 Å². The summed E-state index contributed by atoms with van der Waals surface area (Å²) in [5.74, 6) is -0.239. The zero-order chi connectivity index (χ0) is 24.0. The Morgan fingerprint density at radius 1 is 1.00 bits per heavy atom. The molecule has 1 aliphatic heterocycles. The van der Waals surface area contributed by atoms with Gasteiger partial charge in [0.2, 0.25) is 0 Å². The fourth-order valence-corrected chi connectivity index (χ4v) is 5.38. The number of para-hydroxylation sites is 1. The van der Waals surface area contributed by atoms with Crippen molar-refractivity contribution in [2.45, 2.75) is 32.9 Å². The van der Waals surface area contributed by atoms with Crippen LogP contribution < -0.4 is 10.2 Å². The van der Waals surface area contributed by atoms with Crippen LogP contribution in [0.4, 0.5) is 10.1 Å². The number of pyridine rings is 1. The van der Waals surface area contributed by atoms with E-state index < -0.39 is 0 Å². The van der Waals surface area contributed by atoms with Gasteiger partial charge < -0.3 is 14.8 Å². The van der Waals surface area contributed by atoms with Crippen LogP contribution in [0.1, 0.15) is 40.3 Å². The van der Waals surface area contributed by atoms with Crippen molar-refractivity contribution in [1.82, 2.24) is 14.9 Å². The monoisotopic (exact) mass is 490 g/mol. The number of hydrogen-bond donors (Lipinski definition) is 1. The van der Waals surface area contributed by atoms with Gasteiger partial charge in [0.25, 0.3) is 0 Å². The Bertz CT molecular complexity index is 1380. The van der Waals surface area contributed by atoms with Gasteiger partial charge in [-0.2, -0.15) is 0 Å². The molecule has 0 saturated carbocycles. The van der Waals surface area contributed by atoms with Crippen LogP contribution in [-0.4, -0.2) is 14.7 Å². The highest BCUT2D eigenvalue weighted by molar-refractivity contribution is 7.80. The number of halogens is 2. The second-order valence-electron chi connectivity index (χ2n) is 8.54. The van der Waals surface area contributed by atoms with E-state index in [0.29, 0.717) is 15.7 Å². The molecule has 2 atom stereocenters. The Hall–Kier alpha value is -3.22. The number of nitrogens with zero attached hydrogens (tertiary/aromatic N) is 3. The largest absolute Gasteiger partial charge is 0.351 e. The number of rotatable bonds is 4. The molecule has 7 heteroatoms. The maximum atomic E-state index is 14.1. The molecule has 5 rings (SSSR count). The van der Waals surface area contributed by atoms with Gasteiger partial charge in [0, 0.05) is 23.3 Å². The lowest BCUT2D eigenvalue weighted by Crippen LogP contribution is -2.29. The lowest BCUT2D eigenvalue weighted by molar-refractivity contribution is 0.564. The molecule has 0 aliphatic carbocycles. The minimum atomic E-state index is -0.239. The molecule has 1 saturated heterocycles. The third-order valence-corrected chi connectivity index (χ3v) is 7.03. The van der Waals surface area contributed by atoms with Crippen LogP contribution in [0.25, 0.3) is 5.69 Å². The fourth-order valence-electron chi connectivity index (χ4n) is 4.82. The smallest absolute Gasteiger partial charge is 0.174 e. The normalized spacial score (nSPS) is 17.8. The molecule has 1 aliphatic rings. The molecule has 0 amide bonds. The van der Waals surface area contributed by atoms with Gasteiger partial charge in [-0.25, -0.2) is 4.39 Å². The van der Waals surface area contributed by atoms with Crippen LogP contribution in [0.2, 0.25) is 5.02 Å². The number of anilines is 1. The van der Waals surface area contributed by atoms with Crippen molar-refractivity contribution >= 4 is 34.6 Å². The molecule has 0 unspecified atom stereocenters. The third-order valence-electron chi connectivity index (χ3n) is 6.40. The fraction of sp³-hybridized carbons (Fsp3) is 0.185. The highest BCUT2D eigenvalue weighted by atomic mass is 35.5. The Kier molecular flexibility index (Phi) is 5.88. The quantitative estimate of drug-likeness (QED) is 0.320. The zero-order valence-electron chi connectivity index (χ0n) is 19.1. The Balaban J connectivity index is 1.70. The Labute approximate surface area is 209 Å². The van der Waals surface area contributed by atoms with E-state index in [1.165, 1.54) is 6.07 Å². The summed E-state index contributed by atoms with van der Waals surface area (Å²) < 4.78 is 16.3. The van der Waals surface area contributed by atoms with E-state index in [0.717, 1.165) is 34.0 Å². The molecule has 0 spiro atoms. The summed E-state index contributed by atoms with van der Waals surface area (Å²) in [7, 11) is 0. The van der Waals surface area contributed by atoms with Crippen molar-refractivity contribution in [2.24, 2.45) is 0 Å². The molecule has 4 nitrogen and oxygen atoms in total. The van der Waals surface area contributed by atoms with Crippen molar-refractivity contribution in [3.8, 4) is 5.69 Å². The van der Waals surface area contributed by atoms with Gasteiger partial charge in [0.1, 0.15) is 5.82 Å². The predicted molar refractivity (Wildman–Crippen MR) is 139 cm³/mol. The van der Waals surface area contributed by atoms with E-state index in [-0.39, 0.29) is 17.9 Å². The summed E-state index contributed by atoms with van der Waals surface area (Å²) in [6.07, 6.45) is 1.79. The standard InChI is InChI=1S/C27H24ClFN4S/c1-16-14-19(11-12-22(16)29)33-26(25(31-27(33)34)23-9-6-7-13-30-23)20-15-17(2)32(18(20)3)24-10-5-4-8-21(24)28/h4-15,25-26H,1-3H3,(H,31,34)/t25-,26-/m1/s1. The molecular weight excluding hydrogens is 467 g/mol. The average Bonchev–Trinajstić information content (AvgIpc) is 3.32.